The molecular weight excluding hydrogens is 367 g/mol. The fourth-order valence-electron chi connectivity index (χ4n) is 1.70. The summed E-state index contributed by atoms with van der Waals surface area (Å²) in [4.78, 5) is 22.2. The maximum absolute atomic E-state index is 13.4. The van der Waals surface area contributed by atoms with Crippen molar-refractivity contribution in [1.29, 1.82) is 0 Å². The minimum absolute atomic E-state index is 0.00801. The summed E-state index contributed by atoms with van der Waals surface area (Å²) in [7, 11) is 0. The smallest absolute Gasteiger partial charge is 0.269 e. The van der Waals surface area contributed by atoms with Crippen molar-refractivity contribution >= 4 is 46.4 Å². The van der Waals surface area contributed by atoms with E-state index in [1.54, 1.807) is 18.2 Å². The number of hydrazine groups is 1. The third kappa shape index (κ3) is 6.01. The Labute approximate surface area is 152 Å². The summed E-state index contributed by atoms with van der Waals surface area (Å²) in [5, 5.41) is 13.4. The number of halogens is 1. The number of hydrogen-bond donors (Lipinski definition) is 3. The van der Waals surface area contributed by atoms with Gasteiger partial charge in [0.15, 0.2) is 5.11 Å². The van der Waals surface area contributed by atoms with Crippen LogP contribution in [0.5, 0.6) is 0 Å². The Hall–Kier alpha value is -2.72. The Morgan fingerprint density at radius 1 is 1.16 bits per heavy atom. The van der Waals surface area contributed by atoms with E-state index >= 15 is 0 Å². The molecule has 2 aromatic carbocycles. The molecule has 3 N–H and O–H groups in total. The van der Waals surface area contributed by atoms with E-state index in [0.717, 1.165) is 11.8 Å². The van der Waals surface area contributed by atoms with E-state index in [4.69, 9.17) is 12.2 Å². The molecule has 0 saturated carbocycles. The average Bonchev–Trinajstić information content (AvgIpc) is 2.59. The lowest BCUT2D eigenvalue weighted by Gasteiger charge is -2.11. The summed E-state index contributed by atoms with van der Waals surface area (Å²) in [6, 6.07) is 11.8. The lowest BCUT2D eigenvalue weighted by Crippen LogP contribution is -2.44. The van der Waals surface area contributed by atoms with Gasteiger partial charge in [-0.25, -0.2) is 4.39 Å². The van der Waals surface area contributed by atoms with Gasteiger partial charge in [-0.2, -0.15) is 0 Å². The minimum Gasteiger partial charge on any atom is -0.331 e. The van der Waals surface area contributed by atoms with Crippen molar-refractivity contribution in [3.8, 4) is 0 Å². The molecule has 0 atom stereocenters. The van der Waals surface area contributed by atoms with Crippen LogP contribution in [0.3, 0.4) is 0 Å². The first-order valence-corrected chi connectivity index (χ1v) is 8.32. The van der Waals surface area contributed by atoms with Gasteiger partial charge in [-0.15, -0.1) is 11.8 Å². The van der Waals surface area contributed by atoms with Gasteiger partial charge < -0.3 is 5.32 Å². The van der Waals surface area contributed by atoms with Gasteiger partial charge in [-0.05, 0) is 36.5 Å². The highest BCUT2D eigenvalue weighted by Crippen LogP contribution is 2.20. The fourth-order valence-corrected chi connectivity index (χ4v) is 2.60. The van der Waals surface area contributed by atoms with Crippen LogP contribution in [0.25, 0.3) is 0 Å². The molecule has 130 valence electrons. The molecule has 0 spiro atoms. The standard InChI is InChI=1S/C15H13FN4O3S2/c16-12-3-1-2-4-13(12)25-9-14(21)18-19-15(24)17-10-5-7-11(8-6-10)20(22)23/h1-8H,9H2,(H,18,21)(H2,17,19,24). The topological polar surface area (TPSA) is 96.3 Å². The predicted octanol–water partition coefficient (Wildman–Crippen LogP) is 2.84. The molecule has 2 rings (SSSR count). The number of hydrogen-bond acceptors (Lipinski definition) is 5. The fraction of sp³-hybridized carbons (Fsp3) is 0.0667. The van der Waals surface area contributed by atoms with Gasteiger partial charge in [0.1, 0.15) is 5.82 Å². The van der Waals surface area contributed by atoms with Crippen molar-refractivity contribution in [1.82, 2.24) is 10.9 Å². The van der Waals surface area contributed by atoms with Crippen molar-refractivity contribution in [3.63, 3.8) is 0 Å². The van der Waals surface area contributed by atoms with Crippen LogP contribution in [-0.2, 0) is 4.79 Å². The first-order valence-electron chi connectivity index (χ1n) is 6.93. The van der Waals surface area contributed by atoms with Gasteiger partial charge in [0.2, 0.25) is 5.91 Å². The van der Waals surface area contributed by atoms with Crippen LogP contribution in [0.1, 0.15) is 0 Å². The Balaban J connectivity index is 1.74. The Kier molecular flexibility index (Phi) is 6.66. The number of benzene rings is 2. The molecule has 0 aliphatic rings. The van der Waals surface area contributed by atoms with Crippen molar-refractivity contribution < 1.29 is 14.1 Å². The summed E-state index contributed by atoms with van der Waals surface area (Å²) in [5.74, 6) is -0.765. The van der Waals surface area contributed by atoms with Crippen LogP contribution < -0.4 is 16.2 Å². The molecule has 2 aromatic rings. The number of amides is 1. The highest BCUT2D eigenvalue weighted by Gasteiger charge is 2.07. The van der Waals surface area contributed by atoms with Crippen molar-refractivity contribution in [3.05, 3.63) is 64.5 Å². The molecule has 25 heavy (non-hydrogen) atoms. The molecule has 0 bridgehead atoms. The van der Waals surface area contributed by atoms with Gasteiger partial charge in [-0.1, -0.05) is 12.1 Å². The van der Waals surface area contributed by atoms with E-state index in [0.29, 0.717) is 10.6 Å². The molecule has 0 heterocycles. The van der Waals surface area contributed by atoms with Crippen LogP contribution in [0.15, 0.2) is 53.4 Å². The van der Waals surface area contributed by atoms with Crippen LogP contribution in [0.2, 0.25) is 0 Å². The van der Waals surface area contributed by atoms with Gasteiger partial charge >= 0.3 is 0 Å². The van der Waals surface area contributed by atoms with E-state index in [-0.39, 0.29) is 28.3 Å². The third-order valence-electron chi connectivity index (χ3n) is 2.85. The molecule has 10 heteroatoms. The zero-order chi connectivity index (χ0) is 18.2. The zero-order valence-corrected chi connectivity index (χ0v) is 14.3. The summed E-state index contributed by atoms with van der Waals surface area (Å²) in [6.07, 6.45) is 0. The van der Waals surface area contributed by atoms with Gasteiger partial charge in [0, 0.05) is 22.7 Å². The number of nitrogens with one attached hydrogen (secondary N) is 3. The average molecular weight is 380 g/mol. The zero-order valence-electron chi connectivity index (χ0n) is 12.7. The summed E-state index contributed by atoms with van der Waals surface area (Å²) >= 11 is 6.06. The third-order valence-corrected chi connectivity index (χ3v) is 4.10. The number of anilines is 1. The lowest BCUT2D eigenvalue weighted by atomic mass is 10.3. The molecule has 0 aromatic heterocycles. The summed E-state index contributed by atoms with van der Waals surface area (Å²) in [6.45, 7) is 0. The monoisotopic (exact) mass is 380 g/mol. The van der Waals surface area contributed by atoms with Crippen molar-refractivity contribution in [2.24, 2.45) is 0 Å². The maximum Gasteiger partial charge on any atom is 0.269 e. The largest absolute Gasteiger partial charge is 0.331 e. The number of carbonyl (C=O) groups excluding carboxylic acids is 1. The van der Waals surface area contributed by atoms with Crippen LogP contribution in [0.4, 0.5) is 15.8 Å². The van der Waals surface area contributed by atoms with Gasteiger partial charge in [-0.3, -0.25) is 25.8 Å². The molecular formula is C15H13FN4O3S2. The number of carbonyl (C=O) groups is 1. The number of nitro groups is 1. The van der Waals surface area contributed by atoms with Crippen LogP contribution in [-0.4, -0.2) is 21.7 Å². The second kappa shape index (κ2) is 8.94. The SMILES string of the molecule is O=C(CSc1ccccc1F)NNC(=S)Nc1ccc([N+](=O)[O-])cc1. The Bertz CT molecular complexity index is 787. The van der Waals surface area contributed by atoms with E-state index < -0.39 is 4.92 Å². The second-order valence-corrected chi connectivity index (χ2v) is 6.08. The molecule has 1 amide bonds. The van der Waals surface area contributed by atoms with E-state index in [9.17, 15) is 19.3 Å². The summed E-state index contributed by atoms with van der Waals surface area (Å²) in [5.41, 5.74) is 5.36. The minimum atomic E-state index is -0.506. The highest BCUT2D eigenvalue weighted by atomic mass is 32.2. The van der Waals surface area contributed by atoms with Gasteiger partial charge in [0.25, 0.3) is 5.69 Å². The number of nitrogens with zero attached hydrogens (tertiary/aromatic N) is 1. The van der Waals surface area contributed by atoms with E-state index in [1.807, 2.05) is 0 Å². The molecule has 0 aliphatic carbocycles. The number of rotatable bonds is 5. The maximum atomic E-state index is 13.4. The first-order chi connectivity index (χ1) is 12.0. The number of thioether (sulfide) groups is 1. The molecule has 0 fully saturated rings. The first kappa shape index (κ1) is 18.6. The molecule has 0 aliphatic heterocycles. The number of thiocarbonyl (C=S) groups is 1. The van der Waals surface area contributed by atoms with E-state index in [2.05, 4.69) is 16.2 Å². The molecule has 0 saturated heterocycles. The normalized spacial score (nSPS) is 9.96. The number of nitro benzene ring substituents is 1. The quantitative estimate of drug-likeness (QED) is 0.318. The van der Waals surface area contributed by atoms with Crippen LogP contribution >= 0.6 is 24.0 Å². The molecule has 7 nitrogen and oxygen atoms in total. The van der Waals surface area contributed by atoms with E-state index in [1.165, 1.54) is 30.3 Å². The Morgan fingerprint density at radius 2 is 1.84 bits per heavy atom. The second-order valence-electron chi connectivity index (χ2n) is 4.65. The van der Waals surface area contributed by atoms with Gasteiger partial charge in [0.05, 0.1) is 10.7 Å². The van der Waals surface area contributed by atoms with Crippen molar-refractivity contribution in [2.75, 3.05) is 11.1 Å². The Morgan fingerprint density at radius 3 is 2.48 bits per heavy atom. The van der Waals surface area contributed by atoms with Crippen LogP contribution in [0, 0.1) is 15.9 Å². The highest BCUT2D eigenvalue weighted by molar-refractivity contribution is 8.00. The predicted molar refractivity (Wildman–Crippen MR) is 97.7 cm³/mol. The van der Waals surface area contributed by atoms with Crippen molar-refractivity contribution in [2.45, 2.75) is 4.90 Å². The summed E-state index contributed by atoms with van der Waals surface area (Å²) < 4.78 is 13.4. The molecule has 0 radical (unpaired) electrons. The number of non-ortho nitro benzene ring substituents is 1. The molecule has 0 unspecified atom stereocenters. The lowest BCUT2D eigenvalue weighted by molar-refractivity contribution is -0.384.